The van der Waals surface area contributed by atoms with Crippen molar-refractivity contribution >= 4 is 50.9 Å². The Hall–Kier alpha value is -1.66. The molecule has 0 aromatic heterocycles. The van der Waals surface area contributed by atoms with E-state index in [-0.39, 0.29) is 54.4 Å². The monoisotopic (exact) mass is 422 g/mol. The smallest absolute Gasteiger partial charge is 0.233 e. The lowest BCUT2D eigenvalue weighted by Gasteiger charge is -2.17. The van der Waals surface area contributed by atoms with Gasteiger partial charge in [-0.25, -0.2) is 0 Å². The number of rotatable bonds is 4. The number of allylic oxidation sites excluding steroid dienone is 2. The van der Waals surface area contributed by atoms with Crippen LogP contribution in [0.4, 0.5) is 5.69 Å². The normalized spacial score (nSPS) is 29.4. The maximum Gasteiger partial charge on any atom is 0.233 e. The number of likely N-dealkylation sites (tertiary alicyclic amines) is 1. The van der Waals surface area contributed by atoms with Gasteiger partial charge in [0.1, 0.15) is 0 Å². The summed E-state index contributed by atoms with van der Waals surface area (Å²) < 4.78 is 0.818. The zero-order chi connectivity index (χ0) is 17.7. The van der Waals surface area contributed by atoms with Gasteiger partial charge in [0.25, 0.3) is 0 Å². The average molecular weight is 424 g/mol. The molecule has 1 heterocycles. The molecule has 0 radical (unpaired) electrons. The van der Waals surface area contributed by atoms with Gasteiger partial charge in [0, 0.05) is 17.4 Å². The van der Waals surface area contributed by atoms with Crippen molar-refractivity contribution < 1.29 is 14.4 Å². The number of hydrogen-bond acceptors (Lipinski definition) is 3. The number of carbonyl (C=O) groups excluding carboxylic acids is 3. The first-order chi connectivity index (χ1) is 12.0. The molecule has 1 aliphatic heterocycles. The van der Waals surface area contributed by atoms with E-state index in [1.54, 1.807) is 18.2 Å². The minimum absolute atomic E-state index is 0.0616. The van der Waals surface area contributed by atoms with E-state index in [2.05, 4.69) is 33.4 Å². The SMILES string of the molecule is O=C(CCN1C(=O)[C@@H]2[C@H](C1=O)[C@H]1C=C[C@H]2C1)Nc1ccc(Br)cc1Cl. The number of halogens is 2. The van der Waals surface area contributed by atoms with Crippen LogP contribution in [0.2, 0.25) is 5.02 Å². The fourth-order valence-corrected chi connectivity index (χ4v) is 4.92. The van der Waals surface area contributed by atoms with E-state index < -0.39 is 0 Å². The lowest BCUT2D eigenvalue weighted by molar-refractivity contribution is -0.140. The Kier molecular flexibility index (Phi) is 4.20. The largest absolute Gasteiger partial charge is 0.325 e. The Morgan fingerprint density at radius 1 is 1.20 bits per heavy atom. The molecule has 5 nitrogen and oxygen atoms in total. The summed E-state index contributed by atoms with van der Waals surface area (Å²) in [5.41, 5.74) is 0.507. The molecule has 7 heteroatoms. The van der Waals surface area contributed by atoms with Crippen molar-refractivity contribution in [1.29, 1.82) is 0 Å². The molecule has 0 unspecified atom stereocenters. The van der Waals surface area contributed by atoms with Gasteiger partial charge in [-0.2, -0.15) is 0 Å². The van der Waals surface area contributed by atoms with Crippen LogP contribution in [0.3, 0.4) is 0 Å². The lowest BCUT2D eigenvalue weighted by atomic mass is 9.85. The lowest BCUT2D eigenvalue weighted by Crippen LogP contribution is -2.35. The highest BCUT2D eigenvalue weighted by Gasteiger charge is 2.58. The van der Waals surface area contributed by atoms with Gasteiger partial charge in [-0.3, -0.25) is 19.3 Å². The predicted molar refractivity (Wildman–Crippen MR) is 96.8 cm³/mol. The van der Waals surface area contributed by atoms with Crippen LogP contribution >= 0.6 is 27.5 Å². The van der Waals surface area contributed by atoms with E-state index in [0.29, 0.717) is 10.7 Å². The van der Waals surface area contributed by atoms with Crippen LogP contribution in [0.15, 0.2) is 34.8 Å². The summed E-state index contributed by atoms with van der Waals surface area (Å²) in [6, 6.07) is 5.16. The van der Waals surface area contributed by atoms with Gasteiger partial charge in [-0.1, -0.05) is 39.7 Å². The maximum absolute atomic E-state index is 12.6. The van der Waals surface area contributed by atoms with Crippen molar-refractivity contribution in [2.24, 2.45) is 23.7 Å². The maximum atomic E-state index is 12.6. The Morgan fingerprint density at radius 3 is 2.44 bits per heavy atom. The molecule has 1 aromatic carbocycles. The average Bonchev–Trinajstić information content (AvgIpc) is 3.23. The van der Waals surface area contributed by atoms with Crippen LogP contribution in [-0.4, -0.2) is 29.2 Å². The van der Waals surface area contributed by atoms with E-state index >= 15 is 0 Å². The first-order valence-electron chi connectivity index (χ1n) is 8.24. The second-order valence-electron chi connectivity index (χ2n) is 6.75. The third-order valence-corrected chi connectivity index (χ3v) is 6.14. The van der Waals surface area contributed by atoms with E-state index in [4.69, 9.17) is 11.6 Å². The fourth-order valence-electron chi connectivity index (χ4n) is 4.20. The molecule has 0 spiro atoms. The third kappa shape index (κ3) is 2.81. The molecule has 1 aromatic rings. The fraction of sp³-hybridized carbons (Fsp3) is 0.389. The van der Waals surface area contributed by atoms with Crippen molar-refractivity contribution in [2.45, 2.75) is 12.8 Å². The molecule has 1 saturated carbocycles. The molecule has 3 aliphatic rings. The minimum Gasteiger partial charge on any atom is -0.325 e. The van der Waals surface area contributed by atoms with Crippen LogP contribution in [0.25, 0.3) is 0 Å². The topological polar surface area (TPSA) is 66.5 Å². The summed E-state index contributed by atoms with van der Waals surface area (Å²) in [7, 11) is 0. The number of imide groups is 1. The first-order valence-corrected chi connectivity index (χ1v) is 9.41. The number of benzene rings is 1. The van der Waals surface area contributed by atoms with Crippen molar-refractivity contribution in [3.05, 3.63) is 39.8 Å². The summed E-state index contributed by atoms with van der Waals surface area (Å²) in [4.78, 5) is 38.6. The molecule has 1 N–H and O–H groups in total. The van der Waals surface area contributed by atoms with Gasteiger partial charge in [0.2, 0.25) is 17.7 Å². The molecule has 2 fully saturated rings. The molecule has 3 amide bonds. The molecule has 4 atom stereocenters. The summed E-state index contributed by atoms with van der Waals surface area (Å²) in [5.74, 6) is -0.581. The van der Waals surface area contributed by atoms with Gasteiger partial charge < -0.3 is 5.32 Å². The van der Waals surface area contributed by atoms with Gasteiger partial charge in [-0.15, -0.1) is 0 Å². The van der Waals surface area contributed by atoms with Gasteiger partial charge in [0.15, 0.2) is 0 Å². The Balaban J connectivity index is 1.38. The van der Waals surface area contributed by atoms with Crippen molar-refractivity contribution in [3.8, 4) is 0 Å². The predicted octanol–water partition coefficient (Wildman–Crippen LogP) is 3.24. The number of nitrogens with one attached hydrogen (secondary N) is 1. The van der Waals surface area contributed by atoms with Gasteiger partial charge in [0.05, 0.1) is 22.5 Å². The molecule has 4 rings (SSSR count). The number of hydrogen-bond donors (Lipinski definition) is 1. The molecule has 2 aliphatic carbocycles. The molecule has 130 valence electrons. The van der Waals surface area contributed by atoms with Crippen LogP contribution in [-0.2, 0) is 14.4 Å². The van der Waals surface area contributed by atoms with Crippen LogP contribution < -0.4 is 5.32 Å². The van der Waals surface area contributed by atoms with E-state index in [0.717, 1.165) is 10.9 Å². The zero-order valence-electron chi connectivity index (χ0n) is 13.2. The van der Waals surface area contributed by atoms with Gasteiger partial charge in [-0.05, 0) is 36.5 Å². The Labute approximate surface area is 158 Å². The summed E-state index contributed by atoms with van der Waals surface area (Å²) in [5, 5.41) is 3.14. The molecule has 25 heavy (non-hydrogen) atoms. The quantitative estimate of drug-likeness (QED) is 0.597. The highest BCUT2D eigenvalue weighted by molar-refractivity contribution is 9.10. The van der Waals surface area contributed by atoms with Gasteiger partial charge >= 0.3 is 0 Å². The van der Waals surface area contributed by atoms with Crippen molar-refractivity contribution in [2.75, 3.05) is 11.9 Å². The number of carbonyl (C=O) groups is 3. The zero-order valence-corrected chi connectivity index (χ0v) is 15.6. The van der Waals surface area contributed by atoms with Crippen LogP contribution in [0.1, 0.15) is 12.8 Å². The van der Waals surface area contributed by atoms with E-state index in [1.165, 1.54) is 4.90 Å². The number of anilines is 1. The molecular formula is C18H16BrClN2O3. The first kappa shape index (κ1) is 16.8. The number of fused-ring (bicyclic) bond motifs is 5. The van der Waals surface area contributed by atoms with Crippen molar-refractivity contribution in [1.82, 2.24) is 4.90 Å². The highest BCUT2D eigenvalue weighted by atomic mass is 79.9. The molecule has 1 saturated heterocycles. The number of amides is 3. The third-order valence-electron chi connectivity index (χ3n) is 5.33. The standard InChI is InChI=1S/C18H16BrClN2O3/c19-11-3-4-13(12(20)8-11)21-14(23)5-6-22-17(24)15-9-1-2-10(7-9)16(15)18(22)25/h1-4,8-10,15-16H,5-7H2,(H,21,23)/t9-,10-,15-,16+/m0/s1. The second-order valence-corrected chi connectivity index (χ2v) is 8.07. The molecule has 2 bridgehead atoms. The van der Waals surface area contributed by atoms with E-state index in [9.17, 15) is 14.4 Å². The Morgan fingerprint density at radius 2 is 1.84 bits per heavy atom. The van der Waals surface area contributed by atoms with Crippen LogP contribution in [0.5, 0.6) is 0 Å². The minimum atomic E-state index is -0.275. The summed E-state index contributed by atoms with van der Waals surface area (Å²) in [6.07, 6.45) is 5.08. The Bertz CT molecular complexity index is 780. The summed E-state index contributed by atoms with van der Waals surface area (Å²) in [6.45, 7) is 0.115. The van der Waals surface area contributed by atoms with Crippen LogP contribution in [0, 0.1) is 23.7 Å². The molecular weight excluding hydrogens is 408 g/mol. The van der Waals surface area contributed by atoms with Crippen molar-refractivity contribution in [3.63, 3.8) is 0 Å². The highest BCUT2D eigenvalue weighted by Crippen LogP contribution is 2.52. The number of nitrogens with zero attached hydrogens (tertiary/aromatic N) is 1. The van der Waals surface area contributed by atoms with E-state index in [1.807, 2.05) is 0 Å². The summed E-state index contributed by atoms with van der Waals surface area (Å²) >= 11 is 9.39. The second kappa shape index (κ2) is 6.25.